The highest BCUT2D eigenvalue weighted by atomic mass is 32.1. The first kappa shape index (κ1) is 4.61. The molecule has 1 heteroatoms. The predicted molar refractivity (Wildman–Crippen MR) is 25.0 cm³/mol. The third kappa shape index (κ3) is 3.61. The molecule has 0 aromatic rings. The summed E-state index contributed by atoms with van der Waals surface area (Å²) in [5, 5.41) is 2.23. The topological polar surface area (TPSA) is 0 Å². The van der Waals surface area contributed by atoms with Crippen molar-refractivity contribution in [1.29, 1.82) is 0 Å². The van der Waals surface area contributed by atoms with Gasteiger partial charge in [-0.2, -0.15) is 0 Å². The lowest BCUT2D eigenvalue weighted by atomic mass is 10.6. The van der Waals surface area contributed by atoms with Gasteiger partial charge in [0, 0.05) is 0 Å². The summed E-state index contributed by atoms with van der Waals surface area (Å²) >= 11 is 4.19. The maximum atomic E-state index is 6.29. The maximum Gasteiger partial charge on any atom is -0.00773 e. The van der Waals surface area contributed by atoms with Crippen LogP contribution in [0.4, 0.5) is 0 Å². The molecule has 0 aliphatic heterocycles. The van der Waals surface area contributed by atoms with Crippen LogP contribution in [0.2, 0.25) is 0 Å². The first-order chi connectivity index (χ1) is 2.41. The van der Waals surface area contributed by atoms with E-state index in [0.29, 0.717) is 0 Å². The lowest BCUT2D eigenvalue weighted by Gasteiger charge is -1.44. The Morgan fingerprint density at radius 2 is 2.40 bits per heavy atom. The molecule has 0 bridgehead atoms. The van der Waals surface area contributed by atoms with Crippen LogP contribution in [0.5, 0.6) is 0 Å². The SMILES string of the molecule is [C]=CC=C=S. The Morgan fingerprint density at radius 3 is 2.40 bits per heavy atom. The van der Waals surface area contributed by atoms with E-state index in [4.69, 9.17) is 6.58 Å². The van der Waals surface area contributed by atoms with Crippen LogP contribution >= 0.6 is 12.2 Å². The van der Waals surface area contributed by atoms with Gasteiger partial charge in [-0.3, -0.25) is 0 Å². The van der Waals surface area contributed by atoms with Gasteiger partial charge in [0.1, 0.15) is 0 Å². The second-order valence-electron chi connectivity index (χ2n) is 0.451. The standard InChI is InChI=1S/C4H2S/c1-2-3-4-5/h2-3H. The van der Waals surface area contributed by atoms with Crippen LogP contribution in [0.3, 0.4) is 0 Å². The van der Waals surface area contributed by atoms with Gasteiger partial charge < -0.3 is 0 Å². The number of allylic oxidation sites excluding steroid dienone is 2. The molecule has 0 rings (SSSR count). The van der Waals surface area contributed by atoms with Crippen LogP contribution in [0.15, 0.2) is 12.2 Å². The minimum absolute atomic E-state index is 1.09. The zero-order valence-corrected chi connectivity index (χ0v) is 3.38. The van der Waals surface area contributed by atoms with Crippen molar-refractivity contribution in [3.05, 3.63) is 18.7 Å². The number of thiocarbonyl (C=S) groups is 1. The number of hydrogen-bond donors (Lipinski definition) is 0. The van der Waals surface area contributed by atoms with E-state index >= 15 is 0 Å². The summed E-state index contributed by atoms with van der Waals surface area (Å²) in [5.41, 5.74) is 0. The van der Waals surface area contributed by atoms with Crippen LogP contribution in [-0.2, 0) is 0 Å². The monoisotopic (exact) mass is 82.0 g/mol. The van der Waals surface area contributed by atoms with Crippen molar-refractivity contribution in [3.63, 3.8) is 0 Å². The Balaban J connectivity index is 3.31. The maximum absolute atomic E-state index is 6.29. The molecule has 0 unspecified atom stereocenters. The van der Waals surface area contributed by atoms with E-state index < -0.39 is 0 Å². The highest BCUT2D eigenvalue weighted by Gasteiger charge is 1.39. The highest BCUT2D eigenvalue weighted by Crippen LogP contribution is 1.53. The quantitative estimate of drug-likeness (QED) is 0.336. The number of hydrogen-bond acceptors (Lipinski definition) is 1. The van der Waals surface area contributed by atoms with E-state index in [9.17, 15) is 0 Å². The van der Waals surface area contributed by atoms with E-state index in [2.05, 4.69) is 17.2 Å². The van der Waals surface area contributed by atoms with Crippen molar-refractivity contribution >= 4 is 17.2 Å². The van der Waals surface area contributed by atoms with E-state index in [1.165, 1.54) is 6.08 Å². The van der Waals surface area contributed by atoms with Gasteiger partial charge >= 0.3 is 0 Å². The molecule has 0 atom stereocenters. The first-order valence-corrected chi connectivity index (χ1v) is 1.52. The van der Waals surface area contributed by atoms with Gasteiger partial charge in [0.15, 0.2) is 0 Å². The highest BCUT2D eigenvalue weighted by molar-refractivity contribution is 7.78. The summed E-state index contributed by atoms with van der Waals surface area (Å²) in [5.74, 6) is 0. The lowest BCUT2D eigenvalue weighted by Crippen LogP contribution is -1.34. The molecule has 24 valence electrons. The van der Waals surface area contributed by atoms with Crippen molar-refractivity contribution < 1.29 is 0 Å². The largest absolute Gasteiger partial charge is 0.0460 e. The van der Waals surface area contributed by atoms with Crippen LogP contribution in [0.1, 0.15) is 0 Å². The average molecular weight is 82.1 g/mol. The Hall–Kier alpha value is -0.390. The van der Waals surface area contributed by atoms with Crippen molar-refractivity contribution in [2.24, 2.45) is 0 Å². The van der Waals surface area contributed by atoms with Gasteiger partial charge in [-0.05, 0) is 36.0 Å². The minimum atomic E-state index is 1.09. The smallest absolute Gasteiger partial charge is 0.00773 e. The summed E-state index contributed by atoms with van der Waals surface area (Å²) in [7, 11) is 0. The summed E-state index contributed by atoms with van der Waals surface area (Å²) in [6.45, 7) is 6.29. The Bertz CT molecular complexity index is 67.7. The number of rotatable bonds is 1. The summed E-state index contributed by atoms with van der Waals surface area (Å²) in [6, 6.07) is 0. The summed E-state index contributed by atoms with van der Waals surface area (Å²) in [6.07, 6.45) is 2.45. The zero-order valence-electron chi connectivity index (χ0n) is 2.56. The van der Waals surface area contributed by atoms with Gasteiger partial charge in [0.25, 0.3) is 0 Å². The van der Waals surface area contributed by atoms with Crippen molar-refractivity contribution in [3.8, 4) is 0 Å². The predicted octanol–water partition coefficient (Wildman–Crippen LogP) is 1.01. The molecule has 0 nitrogen and oxygen atoms in total. The zero-order chi connectivity index (χ0) is 4.12. The summed E-state index contributed by atoms with van der Waals surface area (Å²) in [4.78, 5) is 0. The molecule has 0 fully saturated rings. The molecular formula is C4H2S. The van der Waals surface area contributed by atoms with Crippen LogP contribution in [0.25, 0.3) is 0 Å². The van der Waals surface area contributed by atoms with Gasteiger partial charge in [0.2, 0.25) is 0 Å². The molecule has 0 aromatic carbocycles. The fourth-order valence-electron chi connectivity index (χ4n) is 0.0340. The lowest BCUT2D eigenvalue weighted by molar-refractivity contribution is 2.18. The Labute approximate surface area is 36.8 Å². The van der Waals surface area contributed by atoms with E-state index in [0.717, 1.165) is 6.08 Å². The fourth-order valence-corrected chi connectivity index (χ4v) is 0.102. The molecule has 2 radical (unpaired) electrons. The van der Waals surface area contributed by atoms with Crippen LogP contribution in [-0.4, -0.2) is 5.02 Å². The van der Waals surface area contributed by atoms with Crippen molar-refractivity contribution in [1.82, 2.24) is 0 Å². The minimum Gasteiger partial charge on any atom is -0.0460 e. The van der Waals surface area contributed by atoms with Crippen LogP contribution in [0, 0.1) is 6.58 Å². The van der Waals surface area contributed by atoms with Gasteiger partial charge in [0.05, 0.1) is 0 Å². The molecule has 0 aromatic heterocycles. The molecule has 0 amide bonds. The normalized spacial score (nSPS) is 4.80. The molecule has 5 heavy (non-hydrogen) atoms. The third-order valence-electron chi connectivity index (χ3n) is 0.151. The molecule has 0 saturated carbocycles. The molecule has 0 heterocycles. The molecule has 0 aliphatic carbocycles. The third-order valence-corrected chi connectivity index (χ3v) is 0.287. The molecular weight excluding hydrogens is 80.1 g/mol. The first-order valence-electron chi connectivity index (χ1n) is 1.11. The van der Waals surface area contributed by atoms with Crippen LogP contribution < -0.4 is 0 Å². The molecule has 0 N–H and O–H groups in total. The molecule has 0 saturated heterocycles. The molecule has 0 aliphatic rings. The molecule has 0 spiro atoms. The Morgan fingerprint density at radius 1 is 1.80 bits per heavy atom. The van der Waals surface area contributed by atoms with Gasteiger partial charge in [-0.25, -0.2) is 0 Å². The van der Waals surface area contributed by atoms with E-state index in [-0.39, 0.29) is 0 Å². The summed E-state index contributed by atoms with van der Waals surface area (Å²) < 4.78 is 0. The van der Waals surface area contributed by atoms with Gasteiger partial charge in [-0.15, -0.1) is 0 Å². The van der Waals surface area contributed by atoms with Crippen molar-refractivity contribution in [2.75, 3.05) is 0 Å². The average Bonchev–Trinajstić information content (AvgIpc) is 1.41. The fraction of sp³-hybridized carbons (Fsp3) is 0. The van der Waals surface area contributed by atoms with Gasteiger partial charge in [-0.1, -0.05) is 0 Å². The Kier molecular flexibility index (Phi) is 3.33. The van der Waals surface area contributed by atoms with E-state index in [1.807, 2.05) is 0 Å². The van der Waals surface area contributed by atoms with Crippen molar-refractivity contribution in [2.45, 2.75) is 0 Å². The second-order valence-corrected chi connectivity index (χ2v) is 0.687. The second kappa shape index (κ2) is 3.61. The van der Waals surface area contributed by atoms with E-state index in [1.54, 1.807) is 0 Å².